The largest absolute Gasteiger partial charge is 0.286 e. The molecule has 0 bridgehead atoms. The Morgan fingerprint density at radius 1 is 0.941 bits per heavy atom. The van der Waals surface area contributed by atoms with E-state index in [4.69, 9.17) is 6.42 Å². The quantitative estimate of drug-likeness (QED) is 0.574. The molecule has 2 heteroatoms. The van der Waals surface area contributed by atoms with Crippen molar-refractivity contribution in [3.8, 4) is 18.0 Å². The third-order valence-corrected chi connectivity index (χ3v) is 2.70. The third-order valence-electron chi connectivity index (χ3n) is 2.70. The Morgan fingerprint density at radius 3 is 2.41 bits per heavy atom. The minimum absolute atomic E-state index is 0.636. The van der Waals surface area contributed by atoms with Crippen LogP contribution in [0.25, 0.3) is 16.7 Å². The van der Waals surface area contributed by atoms with Crippen molar-refractivity contribution in [3.63, 3.8) is 0 Å². The minimum atomic E-state index is 0.636. The first-order valence-electron chi connectivity index (χ1n) is 5.39. The average Bonchev–Trinajstić information content (AvgIpc) is 2.78. The second-order valence-electron chi connectivity index (χ2n) is 3.74. The second kappa shape index (κ2) is 3.80. The lowest BCUT2D eigenvalue weighted by Crippen LogP contribution is -1.96. The van der Waals surface area contributed by atoms with E-state index in [-0.39, 0.29) is 0 Å². The fraction of sp³-hybridized carbons (Fsp3) is 0. The van der Waals surface area contributed by atoms with Crippen molar-refractivity contribution in [2.45, 2.75) is 0 Å². The van der Waals surface area contributed by atoms with Crippen molar-refractivity contribution < 1.29 is 0 Å². The Bertz CT molecular complexity index is 703. The van der Waals surface area contributed by atoms with Crippen LogP contribution >= 0.6 is 0 Å². The summed E-state index contributed by atoms with van der Waals surface area (Å²) in [6, 6.07) is 18.0. The van der Waals surface area contributed by atoms with Gasteiger partial charge in [-0.1, -0.05) is 30.3 Å². The van der Waals surface area contributed by atoms with Crippen molar-refractivity contribution >= 4 is 11.0 Å². The van der Waals surface area contributed by atoms with E-state index in [1.807, 2.05) is 59.2 Å². The molecule has 2 aromatic carbocycles. The lowest BCUT2D eigenvalue weighted by Gasteiger charge is -2.05. The molecule has 0 N–H and O–H groups in total. The summed E-state index contributed by atoms with van der Waals surface area (Å²) in [6.07, 6.45) is 5.52. The van der Waals surface area contributed by atoms with Crippen LogP contribution in [0.3, 0.4) is 0 Å². The smallest absolute Gasteiger partial charge is 0.190 e. The molecule has 80 valence electrons. The van der Waals surface area contributed by atoms with Gasteiger partial charge in [0, 0.05) is 5.69 Å². The number of aromatic nitrogens is 2. The van der Waals surface area contributed by atoms with Gasteiger partial charge in [-0.2, -0.15) is 0 Å². The predicted molar refractivity (Wildman–Crippen MR) is 69.0 cm³/mol. The monoisotopic (exact) mass is 218 g/mol. The Balaban J connectivity index is 2.39. The van der Waals surface area contributed by atoms with Crippen LogP contribution in [-0.2, 0) is 0 Å². The molecule has 0 saturated heterocycles. The number of fused-ring (bicyclic) bond motifs is 1. The second-order valence-corrected chi connectivity index (χ2v) is 3.74. The highest BCUT2D eigenvalue weighted by Crippen LogP contribution is 2.20. The Labute approximate surface area is 99.5 Å². The number of benzene rings is 2. The van der Waals surface area contributed by atoms with Gasteiger partial charge in [-0.3, -0.25) is 4.57 Å². The Morgan fingerprint density at radius 2 is 1.65 bits per heavy atom. The van der Waals surface area contributed by atoms with Gasteiger partial charge in [-0.05, 0) is 30.2 Å². The summed E-state index contributed by atoms with van der Waals surface area (Å²) in [7, 11) is 0. The molecule has 1 heterocycles. The van der Waals surface area contributed by atoms with Crippen molar-refractivity contribution in [2.75, 3.05) is 0 Å². The summed E-state index contributed by atoms with van der Waals surface area (Å²) in [4.78, 5) is 4.43. The first-order chi connectivity index (χ1) is 8.40. The van der Waals surface area contributed by atoms with Crippen molar-refractivity contribution in [2.24, 2.45) is 0 Å². The van der Waals surface area contributed by atoms with E-state index in [9.17, 15) is 0 Å². The lowest BCUT2D eigenvalue weighted by molar-refractivity contribution is 1.06. The van der Waals surface area contributed by atoms with Gasteiger partial charge in [0.05, 0.1) is 11.0 Å². The SMILES string of the molecule is C#Cc1nc2ccccc2n1-c1ccccc1. The number of imidazole rings is 1. The highest BCUT2D eigenvalue weighted by atomic mass is 15.1. The van der Waals surface area contributed by atoms with E-state index in [0.717, 1.165) is 16.7 Å². The molecule has 0 aliphatic heterocycles. The maximum atomic E-state index is 5.52. The zero-order valence-electron chi connectivity index (χ0n) is 9.17. The van der Waals surface area contributed by atoms with Gasteiger partial charge in [-0.25, -0.2) is 4.98 Å². The molecule has 0 aliphatic carbocycles. The molecule has 17 heavy (non-hydrogen) atoms. The van der Waals surface area contributed by atoms with Gasteiger partial charge in [-0.15, -0.1) is 6.42 Å². The van der Waals surface area contributed by atoms with Gasteiger partial charge < -0.3 is 0 Å². The Hall–Kier alpha value is -2.53. The van der Waals surface area contributed by atoms with Crippen LogP contribution in [0.15, 0.2) is 54.6 Å². The summed E-state index contributed by atoms with van der Waals surface area (Å²) in [5.41, 5.74) is 2.99. The predicted octanol–water partition coefficient (Wildman–Crippen LogP) is 3.01. The molecule has 0 fully saturated rings. The molecular weight excluding hydrogens is 208 g/mol. The standard InChI is InChI=1S/C15H10N2/c1-2-15-16-13-10-6-7-11-14(13)17(15)12-8-4-3-5-9-12/h1,3-11H. The summed E-state index contributed by atoms with van der Waals surface area (Å²) < 4.78 is 2.00. The van der Waals surface area contributed by atoms with E-state index >= 15 is 0 Å². The average molecular weight is 218 g/mol. The molecule has 0 radical (unpaired) electrons. The molecule has 0 unspecified atom stereocenters. The van der Waals surface area contributed by atoms with Crippen molar-refractivity contribution in [1.82, 2.24) is 9.55 Å². The van der Waals surface area contributed by atoms with Crippen molar-refractivity contribution in [1.29, 1.82) is 0 Å². The topological polar surface area (TPSA) is 17.8 Å². The lowest BCUT2D eigenvalue weighted by atomic mass is 10.3. The van der Waals surface area contributed by atoms with E-state index in [0.29, 0.717) is 5.82 Å². The number of hydrogen-bond acceptors (Lipinski definition) is 1. The van der Waals surface area contributed by atoms with E-state index < -0.39 is 0 Å². The molecule has 0 amide bonds. The summed E-state index contributed by atoms with van der Waals surface area (Å²) in [5.74, 6) is 3.27. The summed E-state index contributed by atoms with van der Waals surface area (Å²) in [5, 5.41) is 0. The molecule has 2 nitrogen and oxygen atoms in total. The Kier molecular flexibility index (Phi) is 2.16. The zero-order valence-corrected chi connectivity index (χ0v) is 9.17. The van der Waals surface area contributed by atoms with Crippen LogP contribution in [0.4, 0.5) is 0 Å². The van der Waals surface area contributed by atoms with E-state index in [1.54, 1.807) is 0 Å². The molecular formula is C15H10N2. The first-order valence-corrected chi connectivity index (χ1v) is 5.39. The molecule has 1 aromatic heterocycles. The zero-order chi connectivity index (χ0) is 11.7. The van der Waals surface area contributed by atoms with Gasteiger partial charge in [0.15, 0.2) is 5.82 Å². The van der Waals surface area contributed by atoms with Crippen LogP contribution in [-0.4, -0.2) is 9.55 Å². The van der Waals surface area contributed by atoms with Crippen LogP contribution in [0.5, 0.6) is 0 Å². The number of terminal acetylenes is 1. The fourth-order valence-electron chi connectivity index (χ4n) is 1.96. The first kappa shape index (κ1) is 9.68. The van der Waals surface area contributed by atoms with Crippen LogP contribution in [0.1, 0.15) is 5.82 Å². The van der Waals surface area contributed by atoms with Crippen LogP contribution in [0, 0.1) is 12.3 Å². The molecule has 0 aliphatic rings. The van der Waals surface area contributed by atoms with Gasteiger partial charge >= 0.3 is 0 Å². The van der Waals surface area contributed by atoms with Gasteiger partial charge in [0.25, 0.3) is 0 Å². The molecule has 0 atom stereocenters. The molecule has 0 saturated carbocycles. The van der Waals surface area contributed by atoms with Crippen molar-refractivity contribution in [3.05, 3.63) is 60.4 Å². The third kappa shape index (κ3) is 1.49. The highest BCUT2D eigenvalue weighted by molar-refractivity contribution is 5.79. The molecule has 3 aromatic rings. The summed E-state index contributed by atoms with van der Waals surface area (Å²) >= 11 is 0. The number of para-hydroxylation sites is 3. The van der Waals surface area contributed by atoms with Crippen LogP contribution in [0.2, 0.25) is 0 Å². The number of nitrogens with zero attached hydrogens (tertiary/aromatic N) is 2. The highest BCUT2D eigenvalue weighted by Gasteiger charge is 2.09. The van der Waals surface area contributed by atoms with Gasteiger partial charge in [0.2, 0.25) is 0 Å². The molecule has 3 rings (SSSR count). The maximum absolute atomic E-state index is 5.52. The number of hydrogen-bond donors (Lipinski definition) is 0. The normalized spacial score (nSPS) is 10.3. The van der Waals surface area contributed by atoms with E-state index in [1.165, 1.54) is 0 Å². The maximum Gasteiger partial charge on any atom is 0.190 e. The number of rotatable bonds is 1. The minimum Gasteiger partial charge on any atom is -0.286 e. The van der Waals surface area contributed by atoms with Crippen LogP contribution < -0.4 is 0 Å². The molecule has 0 spiro atoms. The van der Waals surface area contributed by atoms with E-state index in [2.05, 4.69) is 10.9 Å². The van der Waals surface area contributed by atoms with Gasteiger partial charge in [0.1, 0.15) is 0 Å². The summed E-state index contributed by atoms with van der Waals surface area (Å²) in [6.45, 7) is 0. The fourth-order valence-corrected chi connectivity index (χ4v) is 1.96.